The first kappa shape index (κ1) is 28.5. The van der Waals surface area contributed by atoms with E-state index in [2.05, 4.69) is 5.32 Å². The van der Waals surface area contributed by atoms with Gasteiger partial charge in [-0.05, 0) is 93.5 Å². The van der Waals surface area contributed by atoms with Gasteiger partial charge in [0.25, 0.3) is 0 Å². The first-order valence-corrected chi connectivity index (χ1v) is 13.4. The van der Waals surface area contributed by atoms with Crippen LogP contribution in [0.25, 0.3) is 0 Å². The second-order valence-electron chi connectivity index (χ2n) is 10.4. The van der Waals surface area contributed by atoms with Crippen LogP contribution in [0.2, 0.25) is 5.02 Å². The number of hydrogen-bond donors (Lipinski definition) is 1. The summed E-state index contributed by atoms with van der Waals surface area (Å²) in [5.74, 6) is 1.17. The Labute approximate surface area is 235 Å². The van der Waals surface area contributed by atoms with Gasteiger partial charge >= 0.3 is 0 Å². The molecule has 0 aliphatic carbocycles. The Kier molecular flexibility index (Phi) is 8.83. The van der Waals surface area contributed by atoms with Crippen LogP contribution >= 0.6 is 11.6 Å². The summed E-state index contributed by atoms with van der Waals surface area (Å²) < 4.78 is 11.7. The van der Waals surface area contributed by atoms with E-state index < -0.39 is 0 Å². The van der Waals surface area contributed by atoms with Gasteiger partial charge in [-0.25, -0.2) is 0 Å². The summed E-state index contributed by atoms with van der Waals surface area (Å²) >= 11 is 6.22. The van der Waals surface area contributed by atoms with E-state index in [9.17, 15) is 9.59 Å². The van der Waals surface area contributed by atoms with Crippen LogP contribution in [0.1, 0.15) is 55.1 Å². The third kappa shape index (κ3) is 6.54. The molecule has 2 atom stereocenters. The number of hydrogen-bond acceptors (Lipinski definition) is 5. The lowest BCUT2D eigenvalue weighted by atomic mass is 9.86. The van der Waals surface area contributed by atoms with Crippen molar-refractivity contribution in [2.45, 2.75) is 45.4 Å². The molecule has 39 heavy (non-hydrogen) atoms. The lowest BCUT2D eigenvalue weighted by Gasteiger charge is -2.38. The summed E-state index contributed by atoms with van der Waals surface area (Å²) in [6.07, 6.45) is 0.191. The second kappa shape index (κ2) is 12.1. The van der Waals surface area contributed by atoms with Crippen LogP contribution in [0.4, 0.5) is 5.69 Å². The number of nitrogens with zero attached hydrogens (tertiary/aromatic N) is 2. The SMILES string of the molecule is COc1cc2c(cc1OC(C)C)C(c1ccc(Cl)cc1)N(c1ccc([C@H](C)NC(=O)CN(C)C)cc1)C(=O)C2. The number of anilines is 1. The van der Waals surface area contributed by atoms with Gasteiger partial charge in [0.05, 0.1) is 38.3 Å². The van der Waals surface area contributed by atoms with Crippen molar-refractivity contribution in [2.75, 3.05) is 32.6 Å². The maximum absolute atomic E-state index is 13.7. The molecular formula is C31H36ClN3O4. The van der Waals surface area contributed by atoms with E-state index in [0.29, 0.717) is 23.1 Å². The predicted octanol–water partition coefficient (Wildman–Crippen LogP) is 5.55. The van der Waals surface area contributed by atoms with E-state index in [1.54, 1.807) is 7.11 Å². The van der Waals surface area contributed by atoms with Crippen LogP contribution in [0.5, 0.6) is 11.5 Å². The summed E-state index contributed by atoms with van der Waals surface area (Å²) in [5, 5.41) is 3.65. The van der Waals surface area contributed by atoms with Crippen LogP contribution in [0, 0.1) is 0 Å². The number of amides is 2. The van der Waals surface area contributed by atoms with E-state index in [-0.39, 0.29) is 36.4 Å². The fourth-order valence-corrected chi connectivity index (χ4v) is 5.04. The third-order valence-electron chi connectivity index (χ3n) is 6.65. The fourth-order valence-electron chi connectivity index (χ4n) is 4.91. The molecule has 0 aromatic heterocycles. The Hall–Kier alpha value is -3.55. The lowest BCUT2D eigenvalue weighted by molar-refractivity contribution is -0.122. The second-order valence-corrected chi connectivity index (χ2v) is 10.8. The number of halogens is 1. The number of ether oxygens (including phenoxy) is 2. The first-order valence-electron chi connectivity index (χ1n) is 13.1. The topological polar surface area (TPSA) is 71.1 Å². The Balaban J connectivity index is 1.74. The standard InChI is InChI=1S/C31H36ClN3O4/c1-19(2)39-28-17-26-23(15-27(28)38-6)16-30(37)35(31(26)22-7-11-24(32)12-8-22)25-13-9-21(10-14-25)20(3)33-29(36)18-34(4)5/h7-15,17,19-20,31H,16,18H2,1-6H3,(H,33,36)/t20-,31?/m0/s1. The van der Waals surface area contributed by atoms with Crippen LogP contribution < -0.4 is 19.7 Å². The van der Waals surface area contributed by atoms with Gasteiger partial charge in [0.15, 0.2) is 11.5 Å². The van der Waals surface area contributed by atoms with Crippen LogP contribution in [0.15, 0.2) is 60.7 Å². The minimum Gasteiger partial charge on any atom is -0.493 e. The Bertz CT molecular complexity index is 1320. The molecule has 8 heteroatoms. The normalized spacial score (nSPS) is 15.8. The van der Waals surface area contributed by atoms with Crippen molar-refractivity contribution in [3.8, 4) is 11.5 Å². The number of carbonyl (C=O) groups excluding carboxylic acids is 2. The van der Waals surface area contributed by atoms with Crippen molar-refractivity contribution < 1.29 is 19.1 Å². The number of carbonyl (C=O) groups is 2. The highest BCUT2D eigenvalue weighted by Crippen LogP contribution is 2.43. The van der Waals surface area contributed by atoms with Crippen molar-refractivity contribution in [3.63, 3.8) is 0 Å². The maximum atomic E-state index is 13.7. The number of benzene rings is 3. The summed E-state index contributed by atoms with van der Waals surface area (Å²) in [4.78, 5) is 29.6. The molecule has 2 amide bonds. The van der Waals surface area contributed by atoms with E-state index in [0.717, 1.165) is 27.9 Å². The molecule has 3 aromatic carbocycles. The van der Waals surface area contributed by atoms with E-state index in [4.69, 9.17) is 21.1 Å². The molecule has 1 aliphatic heterocycles. The molecule has 7 nitrogen and oxygen atoms in total. The predicted molar refractivity (Wildman–Crippen MR) is 155 cm³/mol. The molecule has 206 valence electrons. The van der Waals surface area contributed by atoms with Crippen LogP contribution in [0.3, 0.4) is 0 Å². The monoisotopic (exact) mass is 549 g/mol. The molecule has 0 radical (unpaired) electrons. The molecule has 0 saturated carbocycles. The molecule has 1 heterocycles. The van der Waals surface area contributed by atoms with Gasteiger partial charge in [0.2, 0.25) is 11.8 Å². The van der Waals surface area contributed by atoms with Gasteiger partial charge in [-0.15, -0.1) is 0 Å². The molecule has 0 saturated heterocycles. The van der Waals surface area contributed by atoms with Gasteiger partial charge < -0.3 is 24.6 Å². The number of rotatable bonds is 9. The highest BCUT2D eigenvalue weighted by atomic mass is 35.5. The van der Waals surface area contributed by atoms with Gasteiger partial charge in [0, 0.05) is 10.7 Å². The summed E-state index contributed by atoms with van der Waals surface area (Å²) in [6.45, 7) is 6.21. The molecule has 3 aromatic rings. The van der Waals surface area contributed by atoms with E-state index in [1.165, 1.54) is 0 Å². The van der Waals surface area contributed by atoms with Gasteiger partial charge in [-0.2, -0.15) is 0 Å². The number of likely N-dealkylation sites (N-methyl/N-ethyl adjacent to an activating group) is 1. The van der Waals surface area contributed by atoms with Crippen molar-refractivity contribution >= 4 is 29.1 Å². The summed E-state index contributed by atoms with van der Waals surface area (Å²) in [5.41, 5.74) is 4.53. The van der Waals surface area contributed by atoms with Gasteiger partial charge in [-0.3, -0.25) is 9.59 Å². The van der Waals surface area contributed by atoms with Crippen molar-refractivity contribution in [1.82, 2.24) is 10.2 Å². The number of methoxy groups -OCH3 is 1. The lowest BCUT2D eigenvalue weighted by Crippen LogP contribution is -2.41. The highest BCUT2D eigenvalue weighted by Gasteiger charge is 2.36. The average Bonchev–Trinajstić information content (AvgIpc) is 2.87. The molecule has 1 aliphatic rings. The first-order chi connectivity index (χ1) is 18.6. The van der Waals surface area contributed by atoms with E-state index in [1.807, 2.05) is 105 Å². The minimum atomic E-state index is -0.387. The molecule has 0 bridgehead atoms. The zero-order valence-electron chi connectivity index (χ0n) is 23.3. The summed E-state index contributed by atoms with van der Waals surface area (Å²) in [6, 6.07) is 18.7. The molecule has 1 unspecified atom stereocenters. The smallest absolute Gasteiger partial charge is 0.234 e. The molecular weight excluding hydrogens is 514 g/mol. The maximum Gasteiger partial charge on any atom is 0.234 e. The number of nitrogens with one attached hydrogen (secondary N) is 1. The molecule has 1 N–H and O–H groups in total. The van der Waals surface area contributed by atoms with Crippen molar-refractivity contribution in [3.05, 3.63) is 87.9 Å². The fraction of sp³-hybridized carbons (Fsp3) is 0.355. The molecule has 0 fully saturated rings. The zero-order chi connectivity index (χ0) is 28.3. The zero-order valence-corrected chi connectivity index (χ0v) is 24.1. The third-order valence-corrected chi connectivity index (χ3v) is 6.90. The van der Waals surface area contributed by atoms with Crippen molar-refractivity contribution in [1.29, 1.82) is 0 Å². The molecule has 0 spiro atoms. The Morgan fingerprint density at radius 2 is 1.72 bits per heavy atom. The average molecular weight is 550 g/mol. The van der Waals surface area contributed by atoms with Gasteiger partial charge in [0.1, 0.15) is 0 Å². The minimum absolute atomic E-state index is 0.0258. The Morgan fingerprint density at radius 1 is 1.05 bits per heavy atom. The van der Waals surface area contributed by atoms with Crippen molar-refractivity contribution in [2.24, 2.45) is 0 Å². The van der Waals surface area contributed by atoms with Gasteiger partial charge in [-0.1, -0.05) is 35.9 Å². The quantitative estimate of drug-likeness (QED) is 0.379. The molecule has 4 rings (SSSR count). The summed E-state index contributed by atoms with van der Waals surface area (Å²) in [7, 11) is 5.32. The largest absolute Gasteiger partial charge is 0.493 e. The highest BCUT2D eigenvalue weighted by molar-refractivity contribution is 6.30. The van der Waals surface area contributed by atoms with Crippen LogP contribution in [-0.4, -0.2) is 50.6 Å². The number of fused-ring (bicyclic) bond motifs is 1. The van der Waals surface area contributed by atoms with E-state index >= 15 is 0 Å². The van der Waals surface area contributed by atoms with Crippen LogP contribution in [-0.2, 0) is 16.0 Å². The Morgan fingerprint density at radius 3 is 2.31 bits per heavy atom.